The standard InChI is InChI=1S/C23H30N4O3/c1-3-30-22-11-8-18(19-7-4-16(2)24-14-19)12-20(22)15-26-27-21-9-5-17(6-10-21)13-25-23(28)29/h4,7-8,11-12,14,17,21,25H,3,5-6,9-10,13,15H2,1-2H3,(H,28,29). The summed E-state index contributed by atoms with van der Waals surface area (Å²) in [4.78, 5) is 15.0. The van der Waals surface area contributed by atoms with E-state index >= 15 is 0 Å². The molecule has 0 radical (unpaired) electrons. The Hall–Kier alpha value is -2.96. The molecular weight excluding hydrogens is 380 g/mol. The van der Waals surface area contributed by atoms with Crippen molar-refractivity contribution in [2.45, 2.75) is 52.1 Å². The van der Waals surface area contributed by atoms with Gasteiger partial charge in [-0.2, -0.15) is 10.2 Å². The van der Waals surface area contributed by atoms with E-state index in [1.165, 1.54) is 0 Å². The lowest BCUT2D eigenvalue weighted by Gasteiger charge is -2.25. The zero-order valence-electron chi connectivity index (χ0n) is 17.7. The monoisotopic (exact) mass is 410 g/mol. The van der Waals surface area contributed by atoms with Crippen LogP contribution in [-0.2, 0) is 6.54 Å². The summed E-state index contributed by atoms with van der Waals surface area (Å²) < 4.78 is 5.78. The first-order chi connectivity index (χ1) is 14.5. The van der Waals surface area contributed by atoms with Gasteiger partial charge < -0.3 is 15.2 Å². The summed E-state index contributed by atoms with van der Waals surface area (Å²) in [5.74, 6) is 1.24. The Morgan fingerprint density at radius 2 is 1.97 bits per heavy atom. The van der Waals surface area contributed by atoms with E-state index in [4.69, 9.17) is 9.84 Å². The molecule has 0 atom stereocenters. The summed E-state index contributed by atoms with van der Waals surface area (Å²) in [6.45, 7) is 5.55. The third-order valence-corrected chi connectivity index (χ3v) is 5.45. The van der Waals surface area contributed by atoms with Gasteiger partial charge in [0.1, 0.15) is 5.75 Å². The normalized spacial score (nSPS) is 19.0. The predicted octanol–water partition coefficient (Wildman–Crippen LogP) is 5.23. The van der Waals surface area contributed by atoms with Crippen LogP contribution < -0.4 is 10.1 Å². The number of carbonyl (C=O) groups is 1. The topological polar surface area (TPSA) is 96.2 Å². The molecule has 0 bridgehead atoms. The van der Waals surface area contributed by atoms with Gasteiger partial charge in [0.05, 0.1) is 19.2 Å². The molecule has 1 fully saturated rings. The van der Waals surface area contributed by atoms with Gasteiger partial charge >= 0.3 is 6.09 Å². The van der Waals surface area contributed by atoms with Crippen LogP contribution in [0.25, 0.3) is 11.1 Å². The maximum absolute atomic E-state index is 10.6. The van der Waals surface area contributed by atoms with Gasteiger partial charge in [-0.3, -0.25) is 4.98 Å². The molecule has 3 rings (SSSR count). The van der Waals surface area contributed by atoms with Crippen molar-refractivity contribution in [3.63, 3.8) is 0 Å². The molecule has 0 saturated heterocycles. The number of aromatic nitrogens is 1. The van der Waals surface area contributed by atoms with Crippen LogP contribution in [0.4, 0.5) is 4.79 Å². The fourth-order valence-electron chi connectivity index (χ4n) is 3.75. The molecule has 30 heavy (non-hydrogen) atoms. The molecule has 2 aromatic rings. The minimum atomic E-state index is -0.953. The first kappa shape index (κ1) is 21.7. The summed E-state index contributed by atoms with van der Waals surface area (Å²) in [5.41, 5.74) is 4.16. The highest BCUT2D eigenvalue weighted by Gasteiger charge is 2.21. The first-order valence-electron chi connectivity index (χ1n) is 10.6. The fourth-order valence-corrected chi connectivity index (χ4v) is 3.75. The lowest BCUT2D eigenvalue weighted by atomic mass is 9.86. The van der Waals surface area contributed by atoms with E-state index in [9.17, 15) is 4.79 Å². The van der Waals surface area contributed by atoms with Crippen molar-refractivity contribution in [2.24, 2.45) is 16.1 Å². The lowest BCUT2D eigenvalue weighted by molar-refractivity contribution is 0.189. The second-order valence-electron chi connectivity index (χ2n) is 7.72. The Balaban J connectivity index is 1.61. The number of pyridine rings is 1. The zero-order chi connectivity index (χ0) is 21.3. The molecule has 0 spiro atoms. The molecule has 160 valence electrons. The highest BCUT2D eigenvalue weighted by Crippen LogP contribution is 2.29. The predicted molar refractivity (Wildman–Crippen MR) is 116 cm³/mol. The number of nitrogens with zero attached hydrogens (tertiary/aromatic N) is 3. The molecule has 1 saturated carbocycles. The quantitative estimate of drug-likeness (QED) is 0.582. The van der Waals surface area contributed by atoms with E-state index < -0.39 is 6.09 Å². The molecule has 1 aromatic carbocycles. The van der Waals surface area contributed by atoms with Crippen LogP contribution in [0, 0.1) is 12.8 Å². The van der Waals surface area contributed by atoms with Crippen LogP contribution in [0.2, 0.25) is 0 Å². The van der Waals surface area contributed by atoms with Crippen molar-refractivity contribution in [1.82, 2.24) is 10.3 Å². The van der Waals surface area contributed by atoms with Crippen molar-refractivity contribution < 1.29 is 14.6 Å². The van der Waals surface area contributed by atoms with E-state index in [2.05, 4.69) is 32.7 Å². The fraction of sp³-hybridized carbons (Fsp3) is 0.478. The molecule has 1 amide bonds. The summed E-state index contributed by atoms with van der Waals surface area (Å²) in [7, 11) is 0. The second-order valence-corrected chi connectivity index (χ2v) is 7.72. The van der Waals surface area contributed by atoms with E-state index in [1.807, 2.05) is 38.2 Å². The van der Waals surface area contributed by atoms with Gasteiger partial charge in [-0.15, -0.1) is 0 Å². The molecule has 1 aromatic heterocycles. The summed E-state index contributed by atoms with van der Waals surface area (Å²) in [6.07, 6.45) is 4.78. The van der Waals surface area contributed by atoms with Gasteiger partial charge in [-0.1, -0.05) is 12.1 Å². The minimum Gasteiger partial charge on any atom is -0.494 e. The Labute approximate surface area is 177 Å². The van der Waals surface area contributed by atoms with Crippen LogP contribution >= 0.6 is 0 Å². The van der Waals surface area contributed by atoms with E-state index in [-0.39, 0.29) is 6.04 Å². The number of ether oxygens (including phenoxy) is 1. The van der Waals surface area contributed by atoms with E-state index in [1.54, 1.807) is 0 Å². The number of rotatable bonds is 8. The van der Waals surface area contributed by atoms with E-state index in [0.717, 1.165) is 53.8 Å². The molecule has 1 aliphatic rings. The van der Waals surface area contributed by atoms with Gasteiger partial charge in [0, 0.05) is 29.6 Å². The average molecular weight is 411 g/mol. The van der Waals surface area contributed by atoms with Crippen LogP contribution in [0.3, 0.4) is 0 Å². The van der Waals surface area contributed by atoms with Crippen molar-refractivity contribution >= 4 is 6.09 Å². The smallest absolute Gasteiger partial charge is 0.404 e. The van der Waals surface area contributed by atoms with Crippen molar-refractivity contribution in [3.05, 3.63) is 47.8 Å². The maximum atomic E-state index is 10.6. The van der Waals surface area contributed by atoms with Crippen molar-refractivity contribution in [2.75, 3.05) is 13.2 Å². The van der Waals surface area contributed by atoms with Gasteiger partial charge in [0.25, 0.3) is 0 Å². The second kappa shape index (κ2) is 10.7. The largest absolute Gasteiger partial charge is 0.494 e. The molecule has 0 aliphatic heterocycles. The number of hydrogen-bond donors (Lipinski definition) is 2. The Bertz CT molecular complexity index is 859. The highest BCUT2D eigenvalue weighted by molar-refractivity contribution is 5.65. The first-order valence-corrected chi connectivity index (χ1v) is 10.6. The lowest BCUT2D eigenvalue weighted by Crippen LogP contribution is -2.30. The minimum absolute atomic E-state index is 0.214. The number of aryl methyl sites for hydroxylation is 1. The molecule has 0 unspecified atom stereocenters. The summed E-state index contributed by atoms with van der Waals surface area (Å²) in [5, 5.41) is 20.2. The number of amides is 1. The summed E-state index contributed by atoms with van der Waals surface area (Å²) >= 11 is 0. The van der Waals surface area contributed by atoms with Crippen LogP contribution in [0.15, 0.2) is 46.8 Å². The Morgan fingerprint density at radius 3 is 2.63 bits per heavy atom. The van der Waals surface area contributed by atoms with Gasteiger partial charge in [-0.05, 0) is 69.2 Å². The van der Waals surface area contributed by atoms with Crippen molar-refractivity contribution in [3.8, 4) is 16.9 Å². The molecular formula is C23H30N4O3. The number of carboxylic acid groups (broad SMARTS) is 1. The maximum Gasteiger partial charge on any atom is 0.404 e. The molecule has 2 N–H and O–H groups in total. The van der Waals surface area contributed by atoms with Gasteiger partial charge in [0.2, 0.25) is 0 Å². The number of nitrogens with one attached hydrogen (secondary N) is 1. The van der Waals surface area contributed by atoms with Gasteiger partial charge in [-0.25, -0.2) is 4.79 Å². The molecule has 7 nitrogen and oxygen atoms in total. The summed E-state index contributed by atoms with van der Waals surface area (Å²) in [6, 6.07) is 10.4. The number of benzene rings is 1. The van der Waals surface area contributed by atoms with E-state index in [0.29, 0.717) is 25.6 Å². The Kier molecular flexibility index (Phi) is 7.76. The number of hydrogen-bond acceptors (Lipinski definition) is 5. The third kappa shape index (κ3) is 6.27. The molecule has 1 aliphatic carbocycles. The van der Waals surface area contributed by atoms with Crippen LogP contribution in [0.1, 0.15) is 43.9 Å². The molecule has 7 heteroatoms. The van der Waals surface area contributed by atoms with Crippen LogP contribution in [-0.4, -0.2) is 35.4 Å². The van der Waals surface area contributed by atoms with Crippen molar-refractivity contribution in [1.29, 1.82) is 0 Å². The SMILES string of the molecule is CCOc1ccc(-c2ccc(C)nc2)cc1CN=NC1CCC(CNC(=O)O)CC1. The highest BCUT2D eigenvalue weighted by atomic mass is 16.5. The van der Waals surface area contributed by atoms with Gasteiger partial charge in [0.15, 0.2) is 0 Å². The third-order valence-electron chi connectivity index (χ3n) is 5.45. The zero-order valence-corrected chi connectivity index (χ0v) is 17.7. The Morgan fingerprint density at radius 1 is 1.20 bits per heavy atom. The number of azo groups is 1. The molecule has 1 heterocycles. The average Bonchev–Trinajstić information content (AvgIpc) is 2.75. The van der Waals surface area contributed by atoms with Crippen LogP contribution in [0.5, 0.6) is 5.75 Å².